The SMILES string of the molecule is CCNC(=NCc1ccc(C)cc1OCC)NCc1ncccc1F. The lowest BCUT2D eigenvalue weighted by Gasteiger charge is -2.13. The molecule has 1 heterocycles. The van der Waals surface area contributed by atoms with Gasteiger partial charge in [0, 0.05) is 18.3 Å². The molecular formula is C19H25FN4O. The number of benzene rings is 1. The van der Waals surface area contributed by atoms with Crippen LogP contribution >= 0.6 is 0 Å². The van der Waals surface area contributed by atoms with Crippen LogP contribution in [0, 0.1) is 12.7 Å². The minimum absolute atomic E-state index is 0.269. The van der Waals surface area contributed by atoms with E-state index in [0.29, 0.717) is 31.3 Å². The highest BCUT2D eigenvalue weighted by Crippen LogP contribution is 2.21. The Morgan fingerprint density at radius 2 is 2.08 bits per heavy atom. The minimum atomic E-state index is -0.331. The summed E-state index contributed by atoms with van der Waals surface area (Å²) in [5.74, 6) is 1.12. The van der Waals surface area contributed by atoms with Gasteiger partial charge in [0.05, 0.1) is 25.4 Å². The summed E-state index contributed by atoms with van der Waals surface area (Å²) in [5, 5.41) is 6.26. The van der Waals surface area contributed by atoms with E-state index in [4.69, 9.17) is 4.74 Å². The smallest absolute Gasteiger partial charge is 0.191 e. The molecule has 2 aromatic rings. The molecule has 0 fully saturated rings. The van der Waals surface area contributed by atoms with E-state index in [1.54, 1.807) is 12.3 Å². The molecular weight excluding hydrogens is 319 g/mol. The molecule has 1 aromatic carbocycles. The van der Waals surface area contributed by atoms with E-state index in [9.17, 15) is 4.39 Å². The molecule has 2 N–H and O–H groups in total. The Hall–Kier alpha value is -2.63. The van der Waals surface area contributed by atoms with Crippen LogP contribution in [-0.4, -0.2) is 24.1 Å². The molecule has 0 unspecified atom stereocenters. The minimum Gasteiger partial charge on any atom is -0.494 e. The summed E-state index contributed by atoms with van der Waals surface area (Å²) in [5.41, 5.74) is 2.51. The molecule has 0 atom stereocenters. The highest BCUT2D eigenvalue weighted by molar-refractivity contribution is 5.79. The highest BCUT2D eigenvalue weighted by atomic mass is 19.1. The number of nitrogens with one attached hydrogen (secondary N) is 2. The number of aliphatic imine (C=N–C) groups is 1. The molecule has 0 radical (unpaired) electrons. The number of ether oxygens (including phenoxy) is 1. The Morgan fingerprint density at radius 3 is 2.80 bits per heavy atom. The summed E-state index contributed by atoms with van der Waals surface area (Å²) in [4.78, 5) is 8.60. The van der Waals surface area contributed by atoms with Gasteiger partial charge in [0.2, 0.25) is 0 Å². The van der Waals surface area contributed by atoms with Crippen molar-refractivity contribution in [2.45, 2.75) is 33.9 Å². The molecule has 0 aliphatic carbocycles. The van der Waals surface area contributed by atoms with Crippen LogP contribution in [0.4, 0.5) is 4.39 Å². The van der Waals surface area contributed by atoms with Crippen LogP contribution < -0.4 is 15.4 Å². The Morgan fingerprint density at radius 1 is 1.24 bits per heavy atom. The predicted molar refractivity (Wildman–Crippen MR) is 98.2 cm³/mol. The van der Waals surface area contributed by atoms with Crippen LogP contribution in [0.15, 0.2) is 41.5 Å². The molecule has 1 aromatic heterocycles. The molecule has 5 nitrogen and oxygen atoms in total. The van der Waals surface area contributed by atoms with Crippen molar-refractivity contribution < 1.29 is 9.13 Å². The van der Waals surface area contributed by atoms with Gasteiger partial charge in [-0.3, -0.25) is 4.98 Å². The Kier molecular flexibility index (Phi) is 7.19. The number of rotatable bonds is 7. The molecule has 0 spiro atoms. The zero-order valence-electron chi connectivity index (χ0n) is 15.0. The largest absolute Gasteiger partial charge is 0.494 e. The molecule has 0 bridgehead atoms. The van der Waals surface area contributed by atoms with Crippen LogP contribution in [0.1, 0.15) is 30.7 Å². The van der Waals surface area contributed by atoms with E-state index < -0.39 is 0 Å². The van der Waals surface area contributed by atoms with Crippen LogP contribution in [-0.2, 0) is 13.1 Å². The van der Waals surface area contributed by atoms with Crippen molar-refractivity contribution in [3.05, 3.63) is 59.2 Å². The summed E-state index contributed by atoms with van der Waals surface area (Å²) < 4.78 is 19.4. The van der Waals surface area contributed by atoms with Crippen molar-refractivity contribution in [1.82, 2.24) is 15.6 Å². The van der Waals surface area contributed by atoms with Gasteiger partial charge < -0.3 is 15.4 Å². The maximum atomic E-state index is 13.7. The first-order valence-corrected chi connectivity index (χ1v) is 8.48. The average Bonchev–Trinajstić information content (AvgIpc) is 2.60. The summed E-state index contributed by atoms with van der Waals surface area (Å²) in [6.07, 6.45) is 1.57. The van der Waals surface area contributed by atoms with Gasteiger partial charge in [0.25, 0.3) is 0 Å². The van der Waals surface area contributed by atoms with Crippen molar-refractivity contribution in [3.8, 4) is 5.75 Å². The second kappa shape index (κ2) is 9.61. The van der Waals surface area contributed by atoms with Gasteiger partial charge >= 0.3 is 0 Å². The lowest BCUT2D eigenvalue weighted by molar-refractivity contribution is 0.336. The first kappa shape index (κ1) is 18.7. The molecule has 134 valence electrons. The zero-order valence-corrected chi connectivity index (χ0v) is 15.0. The number of nitrogens with zero attached hydrogens (tertiary/aromatic N) is 2. The Balaban J connectivity index is 2.08. The van der Waals surface area contributed by atoms with Gasteiger partial charge in [-0.2, -0.15) is 0 Å². The molecule has 0 aliphatic rings. The van der Waals surface area contributed by atoms with Crippen molar-refractivity contribution in [2.75, 3.05) is 13.2 Å². The lowest BCUT2D eigenvalue weighted by Crippen LogP contribution is -2.37. The monoisotopic (exact) mass is 344 g/mol. The second-order valence-electron chi connectivity index (χ2n) is 5.52. The first-order chi connectivity index (χ1) is 12.1. The van der Waals surface area contributed by atoms with E-state index in [1.165, 1.54) is 6.07 Å². The predicted octanol–water partition coefficient (Wildman–Crippen LogP) is 3.18. The number of hydrogen-bond donors (Lipinski definition) is 2. The maximum absolute atomic E-state index is 13.7. The van der Waals surface area contributed by atoms with E-state index in [2.05, 4.69) is 20.6 Å². The van der Waals surface area contributed by atoms with Crippen molar-refractivity contribution >= 4 is 5.96 Å². The topological polar surface area (TPSA) is 58.5 Å². The third-order valence-corrected chi connectivity index (χ3v) is 3.53. The number of aromatic nitrogens is 1. The fourth-order valence-electron chi connectivity index (χ4n) is 2.30. The standard InChI is InChI=1S/C19H25FN4O/c1-4-21-19(24-13-17-16(20)7-6-10-22-17)23-12-15-9-8-14(3)11-18(15)25-5-2/h6-11H,4-5,12-13H2,1-3H3,(H2,21,23,24). The van der Waals surface area contributed by atoms with Gasteiger partial charge in [0.15, 0.2) is 5.96 Å². The van der Waals surface area contributed by atoms with E-state index in [-0.39, 0.29) is 12.4 Å². The molecule has 0 amide bonds. The third-order valence-electron chi connectivity index (χ3n) is 3.53. The molecule has 25 heavy (non-hydrogen) atoms. The number of pyridine rings is 1. The van der Waals surface area contributed by atoms with Gasteiger partial charge in [-0.25, -0.2) is 9.38 Å². The molecule has 6 heteroatoms. The number of halogens is 1. The molecule has 0 saturated carbocycles. The number of aryl methyl sites for hydroxylation is 1. The number of hydrogen-bond acceptors (Lipinski definition) is 3. The fourth-order valence-corrected chi connectivity index (χ4v) is 2.30. The summed E-state index contributed by atoms with van der Waals surface area (Å²) in [7, 11) is 0. The number of guanidine groups is 1. The van der Waals surface area contributed by atoms with E-state index >= 15 is 0 Å². The zero-order chi connectivity index (χ0) is 18.1. The van der Waals surface area contributed by atoms with E-state index in [1.807, 2.05) is 39.0 Å². The third kappa shape index (κ3) is 5.74. The highest BCUT2D eigenvalue weighted by Gasteiger charge is 2.06. The summed E-state index contributed by atoms with van der Waals surface area (Å²) in [6.45, 7) is 8.03. The maximum Gasteiger partial charge on any atom is 0.191 e. The average molecular weight is 344 g/mol. The van der Waals surface area contributed by atoms with Gasteiger partial charge in [-0.15, -0.1) is 0 Å². The van der Waals surface area contributed by atoms with Gasteiger partial charge in [-0.1, -0.05) is 12.1 Å². The van der Waals surface area contributed by atoms with Crippen molar-refractivity contribution in [2.24, 2.45) is 4.99 Å². The summed E-state index contributed by atoms with van der Waals surface area (Å²) in [6, 6.07) is 9.04. The molecule has 0 aliphatic heterocycles. The normalized spacial score (nSPS) is 11.3. The van der Waals surface area contributed by atoms with E-state index in [0.717, 1.165) is 16.9 Å². The molecule has 2 rings (SSSR count). The van der Waals surface area contributed by atoms with Crippen LogP contribution in [0.25, 0.3) is 0 Å². The molecule has 0 saturated heterocycles. The second-order valence-corrected chi connectivity index (χ2v) is 5.52. The quantitative estimate of drug-likeness (QED) is 0.598. The van der Waals surface area contributed by atoms with Crippen LogP contribution in [0.2, 0.25) is 0 Å². The lowest BCUT2D eigenvalue weighted by atomic mass is 10.1. The summed E-state index contributed by atoms with van der Waals surface area (Å²) >= 11 is 0. The van der Waals surface area contributed by atoms with Gasteiger partial charge in [-0.05, 0) is 44.5 Å². The first-order valence-electron chi connectivity index (χ1n) is 8.48. The van der Waals surface area contributed by atoms with Gasteiger partial charge in [0.1, 0.15) is 11.6 Å². The van der Waals surface area contributed by atoms with Crippen LogP contribution in [0.3, 0.4) is 0 Å². The Labute approximate surface area is 148 Å². The Bertz CT molecular complexity index is 718. The van der Waals surface area contributed by atoms with Crippen molar-refractivity contribution in [3.63, 3.8) is 0 Å². The fraction of sp³-hybridized carbons (Fsp3) is 0.368. The van der Waals surface area contributed by atoms with Crippen molar-refractivity contribution in [1.29, 1.82) is 0 Å². The van der Waals surface area contributed by atoms with Crippen LogP contribution in [0.5, 0.6) is 5.75 Å².